The molecule has 0 aliphatic carbocycles. The van der Waals surface area contributed by atoms with E-state index in [0.29, 0.717) is 12.1 Å². The number of rotatable bonds is 5. The lowest BCUT2D eigenvalue weighted by Crippen LogP contribution is -2.16. The predicted molar refractivity (Wildman–Crippen MR) is 89.8 cm³/mol. The number of hydrogen-bond donors (Lipinski definition) is 1. The van der Waals surface area contributed by atoms with E-state index in [1.165, 1.54) is 23.4 Å². The monoisotopic (exact) mass is 360 g/mol. The van der Waals surface area contributed by atoms with Crippen LogP contribution in [0.1, 0.15) is 17.5 Å². The molecule has 3 aromatic rings. The number of hydrogen-bond acceptors (Lipinski definition) is 3. The van der Waals surface area contributed by atoms with E-state index in [4.69, 9.17) is 0 Å². The van der Waals surface area contributed by atoms with Gasteiger partial charge in [-0.3, -0.25) is 4.79 Å². The van der Waals surface area contributed by atoms with E-state index in [2.05, 4.69) is 15.4 Å². The fraction of sp³-hybridized carbons (Fsp3) is 0.167. The van der Waals surface area contributed by atoms with Gasteiger partial charge in [-0.25, -0.2) is 9.67 Å². The molecule has 1 heterocycles. The number of aromatic nitrogens is 3. The SMILES string of the molecule is O=C(CCc1ccccc1)Nc1cc(C(F)(F)F)ccc1-n1cncn1. The molecular weight excluding hydrogens is 345 g/mol. The van der Waals surface area contributed by atoms with Crippen molar-refractivity contribution in [1.29, 1.82) is 0 Å². The number of benzene rings is 2. The zero-order valence-corrected chi connectivity index (χ0v) is 13.6. The minimum atomic E-state index is -4.51. The molecule has 3 rings (SSSR count). The third-order valence-corrected chi connectivity index (χ3v) is 3.75. The Labute approximate surface area is 147 Å². The average Bonchev–Trinajstić information content (AvgIpc) is 3.14. The van der Waals surface area contributed by atoms with Crippen LogP contribution in [0, 0.1) is 0 Å². The number of carbonyl (C=O) groups excluding carboxylic acids is 1. The Kier molecular flexibility index (Phi) is 5.01. The van der Waals surface area contributed by atoms with E-state index in [0.717, 1.165) is 17.7 Å². The molecule has 5 nitrogen and oxygen atoms in total. The summed E-state index contributed by atoms with van der Waals surface area (Å²) in [7, 11) is 0. The topological polar surface area (TPSA) is 59.8 Å². The highest BCUT2D eigenvalue weighted by molar-refractivity contribution is 5.93. The van der Waals surface area contributed by atoms with Crippen LogP contribution < -0.4 is 5.32 Å². The van der Waals surface area contributed by atoms with Gasteiger partial charge in [0.2, 0.25) is 5.91 Å². The summed E-state index contributed by atoms with van der Waals surface area (Å²) in [5, 5.41) is 6.47. The van der Waals surface area contributed by atoms with E-state index in [9.17, 15) is 18.0 Å². The van der Waals surface area contributed by atoms with Crippen LogP contribution in [0.2, 0.25) is 0 Å². The fourth-order valence-electron chi connectivity index (χ4n) is 2.46. The van der Waals surface area contributed by atoms with Crippen molar-refractivity contribution in [2.45, 2.75) is 19.0 Å². The van der Waals surface area contributed by atoms with Crippen molar-refractivity contribution < 1.29 is 18.0 Å². The van der Waals surface area contributed by atoms with Crippen LogP contribution in [0.4, 0.5) is 18.9 Å². The molecule has 0 unspecified atom stereocenters. The van der Waals surface area contributed by atoms with Gasteiger partial charge in [-0.15, -0.1) is 0 Å². The smallest absolute Gasteiger partial charge is 0.324 e. The van der Waals surface area contributed by atoms with Crippen molar-refractivity contribution in [2.75, 3.05) is 5.32 Å². The second-order valence-electron chi connectivity index (χ2n) is 5.60. The first-order chi connectivity index (χ1) is 12.4. The van der Waals surface area contributed by atoms with Crippen LogP contribution in [0.3, 0.4) is 0 Å². The van der Waals surface area contributed by atoms with Gasteiger partial charge in [-0.05, 0) is 30.2 Å². The molecule has 0 aliphatic heterocycles. The van der Waals surface area contributed by atoms with Gasteiger partial charge in [0, 0.05) is 6.42 Å². The van der Waals surface area contributed by atoms with Crippen LogP contribution in [0.15, 0.2) is 61.2 Å². The summed E-state index contributed by atoms with van der Waals surface area (Å²) < 4.78 is 40.3. The number of carbonyl (C=O) groups is 1. The Morgan fingerprint density at radius 2 is 1.88 bits per heavy atom. The van der Waals surface area contributed by atoms with Gasteiger partial charge in [0.05, 0.1) is 16.9 Å². The molecule has 2 aromatic carbocycles. The number of alkyl halides is 3. The Morgan fingerprint density at radius 3 is 2.54 bits per heavy atom. The Bertz CT molecular complexity index is 877. The van der Waals surface area contributed by atoms with Crippen molar-refractivity contribution in [3.8, 4) is 5.69 Å². The number of amides is 1. The summed E-state index contributed by atoms with van der Waals surface area (Å²) in [6.07, 6.45) is -1.26. The zero-order chi connectivity index (χ0) is 18.6. The third-order valence-electron chi connectivity index (χ3n) is 3.75. The summed E-state index contributed by atoms with van der Waals surface area (Å²) in [4.78, 5) is 16.0. The molecule has 0 spiro atoms. The normalized spacial score (nSPS) is 11.3. The van der Waals surface area contributed by atoms with E-state index in [-0.39, 0.29) is 18.0 Å². The van der Waals surface area contributed by atoms with E-state index < -0.39 is 11.7 Å². The highest BCUT2D eigenvalue weighted by Crippen LogP contribution is 2.33. The summed E-state index contributed by atoms with van der Waals surface area (Å²) >= 11 is 0. The Balaban J connectivity index is 1.81. The summed E-state index contributed by atoms with van der Waals surface area (Å²) in [6.45, 7) is 0. The van der Waals surface area contributed by atoms with Gasteiger partial charge in [0.25, 0.3) is 0 Å². The van der Waals surface area contributed by atoms with Gasteiger partial charge in [0.1, 0.15) is 12.7 Å². The summed E-state index contributed by atoms with van der Waals surface area (Å²) in [6, 6.07) is 12.5. The van der Waals surface area contributed by atoms with E-state index in [1.54, 1.807) is 0 Å². The minimum Gasteiger partial charge on any atom is -0.324 e. The maximum atomic E-state index is 13.0. The van der Waals surface area contributed by atoms with E-state index >= 15 is 0 Å². The fourth-order valence-corrected chi connectivity index (χ4v) is 2.46. The zero-order valence-electron chi connectivity index (χ0n) is 13.6. The molecule has 0 fully saturated rings. The van der Waals surface area contributed by atoms with Crippen LogP contribution in [0.5, 0.6) is 0 Å². The van der Waals surface area contributed by atoms with E-state index in [1.807, 2.05) is 30.3 Å². The number of anilines is 1. The van der Waals surface area contributed by atoms with Crippen molar-refractivity contribution in [1.82, 2.24) is 14.8 Å². The first-order valence-electron chi connectivity index (χ1n) is 7.83. The lowest BCUT2D eigenvalue weighted by molar-refractivity contribution is -0.137. The van der Waals surface area contributed by atoms with Crippen LogP contribution in [-0.2, 0) is 17.4 Å². The maximum Gasteiger partial charge on any atom is 0.416 e. The lowest BCUT2D eigenvalue weighted by atomic mass is 10.1. The van der Waals surface area contributed by atoms with Gasteiger partial charge < -0.3 is 5.32 Å². The first kappa shape index (κ1) is 17.7. The molecule has 0 atom stereocenters. The number of halogens is 3. The Morgan fingerprint density at radius 1 is 1.12 bits per heavy atom. The molecule has 0 saturated heterocycles. The molecule has 26 heavy (non-hydrogen) atoms. The molecule has 1 N–H and O–H groups in total. The quantitative estimate of drug-likeness (QED) is 0.752. The molecule has 134 valence electrons. The summed E-state index contributed by atoms with van der Waals surface area (Å²) in [5.74, 6) is -0.380. The summed E-state index contributed by atoms with van der Waals surface area (Å²) in [5.41, 5.74) is 0.467. The molecule has 0 bridgehead atoms. The van der Waals surface area contributed by atoms with Crippen LogP contribution in [0.25, 0.3) is 5.69 Å². The van der Waals surface area contributed by atoms with Crippen molar-refractivity contribution >= 4 is 11.6 Å². The molecule has 1 amide bonds. The number of nitrogens with zero attached hydrogens (tertiary/aromatic N) is 3. The first-order valence-corrected chi connectivity index (χ1v) is 7.83. The largest absolute Gasteiger partial charge is 0.416 e. The maximum absolute atomic E-state index is 13.0. The number of aryl methyl sites for hydroxylation is 1. The van der Waals surface area contributed by atoms with Gasteiger partial charge in [-0.2, -0.15) is 18.3 Å². The molecule has 0 radical (unpaired) electrons. The molecular formula is C18H15F3N4O. The van der Waals surface area contributed by atoms with Crippen LogP contribution in [-0.4, -0.2) is 20.7 Å². The third kappa shape index (κ3) is 4.27. The highest BCUT2D eigenvalue weighted by atomic mass is 19.4. The molecule has 0 aliphatic rings. The second kappa shape index (κ2) is 7.38. The van der Waals surface area contributed by atoms with Crippen molar-refractivity contribution in [3.05, 3.63) is 72.3 Å². The molecule has 1 aromatic heterocycles. The minimum absolute atomic E-state index is 0.0309. The predicted octanol–water partition coefficient (Wildman–Crippen LogP) is 3.86. The van der Waals surface area contributed by atoms with Gasteiger partial charge in [0.15, 0.2) is 0 Å². The average molecular weight is 360 g/mol. The lowest BCUT2D eigenvalue weighted by Gasteiger charge is -2.14. The van der Waals surface area contributed by atoms with Gasteiger partial charge >= 0.3 is 6.18 Å². The van der Waals surface area contributed by atoms with Gasteiger partial charge in [-0.1, -0.05) is 30.3 Å². The standard InChI is InChI=1S/C18H15F3N4O/c19-18(20,21)14-7-8-16(25-12-22-11-23-25)15(10-14)24-17(26)9-6-13-4-2-1-3-5-13/h1-5,7-8,10-12H,6,9H2,(H,24,26). The van der Waals surface area contributed by atoms with Crippen molar-refractivity contribution in [2.24, 2.45) is 0 Å². The Hall–Kier alpha value is -3.16. The number of nitrogens with one attached hydrogen (secondary N) is 1. The second-order valence-corrected chi connectivity index (χ2v) is 5.60. The van der Waals surface area contributed by atoms with Crippen LogP contribution >= 0.6 is 0 Å². The highest BCUT2D eigenvalue weighted by Gasteiger charge is 2.31. The van der Waals surface area contributed by atoms with Crippen molar-refractivity contribution in [3.63, 3.8) is 0 Å². The molecule has 8 heteroatoms. The molecule has 0 saturated carbocycles.